The zero-order valence-electron chi connectivity index (χ0n) is 22.8. The van der Waals surface area contributed by atoms with Crippen molar-refractivity contribution in [3.8, 4) is 11.5 Å². The van der Waals surface area contributed by atoms with Gasteiger partial charge < -0.3 is 19.7 Å². The molecule has 4 saturated carbocycles. The molecule has 5 nitrogen and oxygen atoms in total. The summed E-state index contributed by atoms with van der Waals surface area (Å²) in [6.45, 7) is 15.4. The average molecular weight is 484 g/mol. The van der Waals surface area contributed by atoms with Crippen LogP contribution in [0.3, 0.4) is 0 Å². The molecule has 0 amide bonds. The zero-order valence-corrected chi connectivity index (χ0v) is 22.8. The number of phenols is 1. The van der Waals surface area contributed by atoms with Gasteiger partial charge in [-0.25, -0.2) is 0 Å². The molecular weight excluding hydrogens is 438 g/mol. The molecule has 5 aliphatic carbocycles. The smallest absolute Gasteiger partial charge is 0.165 e. The molecule has 7 rings (SSSR count). The number of rotatable bonds is 6. The summed E-state index contributed by atoms with van der Waals surface area (Å²) < 4.78 is 13.4. The predicted molar refractivity (Wildman–Crippen MR) is 137 cm³/mol. The highest BCUT2D eigenvalue weighted by Gasteiger charge is 2.80. The first-order valence-electron chi connectivity index (χ1n) is 13.9. The molecule has 5 heteroatoms. The van der Waals surface area contributed by atoms with Crippen molar-refractivity contribution in [3.63, 3.8) is 0 Å². The molecule has 0 aromatic heterocycles. The van der Waals surface area contributed by atoms with Crippen molar-refractivity contribution in [2.75, 3.05) is 20.2 Å². The number of likely N-dealkylation sites (N-methyl/N-ethyl adjacent to an activating group) is 1. The van der Waals surface area contributed by atoms with Gasteiger partial charge in [0.15, 0.2) is 11.5 Å². The van der Waals surface area contributed by atoms with Crippen LogP contribution >= 0.6 is 0 Å². The second kappa shape index (κ2) is 7.17. The van der Waals surface area contributed by atoms with Crippen LogP contribution in [0.4, 0.5) is 0 Å². The minimum absolute atomic E-state index is 0.0468. The van der Waals surface area contributed by atoms with E-state index >= 15 is 0 Å². The molecule has 0 saturated heterocycles. The lowest BCUT2D eigenvalue weighted by atomic mass is 9.35. The van der Waals surface area contributed by atoms with E-state index in [4.69, 9.17) is 9.47 Å². The van der Waals surface area contributed by atoms with E-state index in [0.29, 0.717) is 11.8 Å². The van der Waals surface area contributed by atoms with Gasteiger partial charge in [-0.1, -0.05) is 40.7 Å². The van der Waals surface area contributed by atoms with E-state index in [1.54, 1.807) is 0 Å². The number of ether oxygens (including phenoxy) is 2. The van der Waals surface area contributed by atoms with E-state index in [9.17, 15) is 10.2 Å². The Kier molecular flexibility index (Phi) is 4.93. The maximum atomic E-state index is 12.2. The van der Waals surface area contributed by atoms with E-state index in [-0.39, 0.29) is 34.0 Å². The second-order valence-electron chi connectivity index (χ2n) is 13.9. The molecule has 4 fully saturated rings. The highest BCUT2D eigenvalue weighted by Crippen LogP contribution is 2.76. The number of phenolic OH excluding ortho intramolecular Hbond substituents is 1. The molecule has 7 atom stereocenters. The fourth-order valence-corrected chi connectivity index (χ4v) is 9.14. The van der Waals surface area contributed by atoms with Gasteiger partial charge in [0.25, 0.3) is 0 Å². The van der Waals surface area contributed by atoms with Crippen LogP contribution in [0, 0.1) is 22.7 Å². The van der Waals surface area contributed by atoms with Gasteiger partial charge in [-0.2, -0.15) is 0 Å². The predicted octanol–water partition coefficient (Wildman–Crippen LogP) is 5.05. The number of aromatic hydroxyl groups is 1. The molecule has 1 aliphatic heterocycles. The van der Waals surface area contributed by atoms with Crippen LogP contribution in [0.5, 0.6) is 11.5 Å². The Morgan fingerprint density at radius 3 is 2.49 bits per heavy atom. The lowest BCUT2D eigenvalue weighted by Gasteiger charge is -2.73. The molecule has 2 unspecified atom stereocenters. The quantitative estimate of drug-likeness (QED) is 0.593. The molecule has 1 aromatic rings. The van der Waals surface area contributed by atoms with Gasteiger partial charge in [-0.15, -0.1) is 0 Å². The number of methoxy groups -OCH3 is 1. The molecule has 2 N–H and O–H groups in total. The van der Waals surface area contributed by atoms with Gasteiger partial charge in [0, 0.05) is 42.0 Å². The molecule has 194 valence electrons. The zero-order chi connectivity index (χ0) is 25.2. The monoisotopic (exact) mass is 483 g/mol. The van der Waals surface area contributed by atoms with E-state index < -0.39 is 11.2 Å². The Morgan fingerprint density at radius 1 is 1.17 bits per heavy atom. The first-order chi connectivity index (χ1) is 16.4. The van der Waals surface area contributed by atoms with Crippen LogP contribution < -0.4 is 4.74 Å². The Hall–Kier alpha value is -1.30. The summed E-state index contributed by atoms with van der Waals surface area (Å²) in [6.07, 6.45) is 6.31. The SMILES string of the molecule is CCN(CC1CC1)C1Cc2ccc(O)c3c2[C@@]2(C)C(O3)[C@]3(OC)CC[C@@]12C[C@@H]3[C@](C)(O)C(C)(C)C. The number of hydrogen-bond acceptors (Lipinski definition) is 5. The molecule has 6 aliphatic rings. The lowest BCUT2D eigenvalue weighted by Crippen LogP contribution is -2.80. The first-order valence-corrected chi connectivity index (χ1v) is 13.9. The summed E-state index contributed by atoms with van der Waals surface area (Å²) in [6, 6.07) is 4.35. The third kappa shape index (κ3) is 2.76. The van der Waals surface area contributed by atoms with Crippen molar-refractivity contribution >= 4 is 0 Å². The van der Waals surface area contributed by atoms with Crippen LogP contribution in [0.25, 0.3) is 0 Å². The Balaban J connectivity index is 1.59. The topological polar surface area (TPSA) is 62.2 Å². The molecule has 2 bridgehead atoms. The van der Waals surface area contributed by atoms with Gasteiger partial charge in [0.1, 0.15) is 11.7 Å². The Bertz CT molecular complexity index is 1040. The van der Waals surface area contributed by atoms with Gasteiger partial charge >= 0.3 is 0 Å². The molecule has 0 radical (unpaired) electrons. The van der Waals surface area contributed by atoms with Crippen molar-refractivity contribution in [1.29, 1.82) is 0 Å². The highest BCUT2D eigenvalue weighted by molar-refractivity contribution is 5.62. The fraction of sp³-hybridized carbons (Fsp3) is 0.800. The summed E-state index contributed by atoms with van der Waals surface area (Å²) in [5, 5.41) is 23.2. The van der Waals surface area contributed by atoms with Gasteiger partial charge in [0.2, 0.25) is 0 Å². The number of benzene rings is 1. The summed E-state index contributed by atoms with van der Waals surface area (Å²) in [5.41, 5.74) is 0.377. The van der Waals surface area contributed by atoms with E-state index in [2.05, 4.69) is 45.6 Å². The third-order valence-corrected chi connectivity index (χ3v) is 11.8. The van der Waals surface area contributed by atoms with E-state index in [0.717, 1.165) is 38.1 Å². The second-order valence-corrected chi connectivity index (χ2v) is 13.9. The van der Waals surface area contributed by atoms with Crippen LogP contribution in [0.2, 0.25) is 0 Å². The number of fused-ring (bicyclic) bond motifs is 2. The number of hydrogen-bond donors (Lipinski definition) is 2. The Morgan fingerprint density at radius 2 is 1.89 bits per heavy atom. The maximum Gasteiger partial charge on any atom is 0.165 e. The van der Waals surface area contributed by atoms with Crippen LogP contribution in [0.1, 0.15) is 84.8 Å². The number of aliphatic hydroxyl groups is 1. The largest absolute Gasteiger partial charge is 0.504 e. The van der Waals surface area contributed by atoms with Gasteiger partial charge in [0.05, 0.1) is 5.60 Å². The van der Waals surface area contributed by atoms with Crippen LogP contribution in [-0.4, -0.2) is 58.7 Å². The van der Waals surface area contributed by atoms with Crippen molar-refractivity contribution in [1.82, 2.24) is 4.90 Å². The van der Waals surface area contributed by atoms with Crippen molar-refractivity contribution in [2.24, 2.45) is 22.7 Å². The normalized spacial score (nSPS) is 41.0. The van der Waals surface area contributed by atoms with Gasteiger partial charge in [-0.05, 0) is 75.0 Å². The molecular formula is C30H45NO4. The molecule has 35 heavy (non-hydrogen) atoms. The maximum absolute atomic E-state index is 12.2. The van der Waals surface area contributed by atoms with Crippen molar-refractivity contribution in [3.05, 3.63) is 23.3 Å². The summed E-state index contributed by atoms with van der Waals surface area (Å²) >= 11 is 0. The molecule has 1 heterocycles. The molecule has 1 aromatic carbocycles. The fourth-order valence-electron chi connectivity index (χ4n) is 9.14. The van der Waals surface area contributed by atoms with Crippen molar-refractivity contribution < 1.29 is 19.7 Å². The lowest BCUT2D eigenvalue weighted by molar-refractivity contribution is -0.300. The third-order valence-electron chi connectivity index (χ3n) is 11.8. The van der Waals surface area contributed by atoms with Crippen LogP contribution in [0.15, 0.2) is 12.1 Å². The minimum atomic E-state index is -0.934. The van der Waals surface area contributed by atoms with Crippen molar-refractivity contribution in [2.45, 2.75) is 109 Å². The minimum Gasteiger partial charge on any atom is -0.504 e. The van der Waals surface area contributed by atoms with E-state index in [1.807, 2.05) is 20.1 Å². The first kappa shape index (κ1) is 24.1. The number of nitrogens with zero attached hydrogens (tertiary/aromatic N) is 1. The summed E-state index contributed by atoms with van der Waals surface area (Å²) in [7, 11) is 1.81. The van der Waals surface area contributed by atoms with Crippen LogP contribution in [-0.2, 0) is 16.6 Å². The summed E-state index contributed by atoms with van der Waals surface area (Å²) in [4.78, 5) is 2.77. The average Bonchev–Trinajstić information content (AvgIpc) is 3.56. The highest BCUT2D eigenvalue weighted by atomic mass is 16.6. The molecule has 1 spiro atoms. The summed E-state index contributed by atoms with van der Waals surface area (Å²) in [5.74, 6) is 1.67. The Labute approximate surface area is 211 Å². The van der Waals surface area contributed by atoms with Gasteiger partial charge in [-0.3, -0.25) is 4.90 Å². The van der Waals surface area contributed by atoms with E-state index in [1.165, 1.54) is 30.5 Å². The standard InChI is InChI=1S/C30H45NO4/c1-8-31(17-18-9-10-18)22-15-19-11-12-20(32)24-23(19)27(5)25(35-24)30(34-7)14-13-29(22,27)16-21(30)28(6,33)26(2,3)4/h11-12,18,21-22,25,32-33H,8-10,13-17H2,1-7H3/t21-,22?,25?,27+,28+,29-,30+/m1/s1.